The van der Waals surface area contributed by atoms with Crippen LogP contribution in [-0.4, -0.2) is 85.4 Å². The number of ether oxygens (including phenoxy) is 5. The van der Waals surface area contributed by atoms with E-state index in [0.29, 0.717) is 33.0 Å². The molecule has 0 aromatic heterocycles. The van der Waals surface area contributed by atoms with Gasteiger partial charge in [0.05, 0.1) is 44.8 Å². The standard InChI is InChI=1S/C34H51N3O6/c1-5-27(34(38)35-2)20-29-21-30(28-10-7-25(8-11-28)23-41-18-17-40-4)33(22-36-29)43-24-26-9-12-32-31(19-26)37(14-16-42-32)13-6-15-39-3/h7-12,19,27,29-30,33,36H,5-6,13-18,20-24H2,1-4H3,(H,35,38)/t27-,29+,30+,33-/m0/s1. The molecule has 1 saturated heterocycles. The molecule has 4 rings (SSSR count). The molecular weight excluding hydrogens is 546 g/mol. The van der Waals surface area contributed by atoms with E-state index >= 15 is 0 Å². The molecule has 0 aliphatic carbocycles. The van der Waals surface area contributed by atoms with E-state index in [1.807, 2.05) is 0 Å². The number of methoxy groups -OCH3 is 2. The summed E-state index contributed by atoms with van der Waals surface area (Å²) in [5.74, 6) is 1.25. The lowest BCUT2D eigenvalue weighted by Gasteiger charge is -2.38. The van der Waals surface area contributed by atoms with Crippen LogP contribution in [0.4, 0.5) is 5.69 Å². The lowest BCUT2D eigenvalue weighted by atomic mass is 9.81. The van der Waals surface area contributed by atoms with Crippen LogP contribution in [-0.2, 0) is 37.0 Å². The minimum absolute atomic E-state index is 0.00297. The molecule has 0 saturated carbocycles. The van der Waals surface area contributed by atoms with Gasteiger partial charge in [0.2, 0.25) is 5.91 Å². The summed E-state index contributed by atoms with van der Waals surface area (Å²) in [7, 11) is 5.15. The fourth-order valence-corrected chi connectivity index (χ4v) is 6.12. The van der Waals surface area contributed by atoms with Gasteiger partial charge in [0.15, 0.2) is 0 Å². The summed E-state index contributed by atoms with van der Waals surface area (Å²) >= 11 is 0. The van der Waals surface area contributed by atoms with E-state index in [9.17, 15) is 4.79 Å². The van der Waals surface area contributed by atoms with Gasteiger partial charge in [-0.2, -0.15) is 0 Å². The smallest absolute Gasteiger partial charge is 0.222 e. The van der Waals surface area contributed by atoms with E-state index in [0.717, 1.165) is 74.5 Å². The maximum Gasteiger partial charge on any atom is 0.222 e. The van der Waals surface area contributed by atoms with E-state index in [1.165, 1.54) is 5.56 Å². The third kappa shape index (κ3) is 9.65. The zero-order valence-corrected chi connectivity index (χ0v) is 26.4. The maximum atomic E-state index is 12.5. The van der Waals surface area contributed by atoms with Crippen LogP contribution in [0.2, 0.25) is 0 Å². The molecule has 0 radical (unpaired) electrons. The molecule has 2 heterocycles. The highest BCUT2D eigenvalue weighted by Gasteiger charge is 2.34. The normalized spacial score (nSPS) is 20.7. The number of piperidine rings is 1. The van der Waals surface area contributed by atoms with Gasteiger partial charge in [-0.1, -0.05) is 37.3 Å². The van der Waals surface area contributed by atoms with Gasteiger partial charge < -0.3 is 39.2 Å². The summed E-state index contributed by atoms with van der Waals surface area (Å²) < 4.78 is 28.7. The van der Waals surface area contributed by atoms with E-state index in [1.54, 1.807) is 21.3 Å². The Hall–Kier alpha value is -2.69. The highest BCUT2D eigenvalue weighted by molar-refractivity contribution is 5.78. The third-order valence-electron chi connectivity index (χ3n) is 8.61. The zero-order valence-electron chi connectivity index (χ0n) is 26.4. The van der Waals surface area contributed by atoms with Gasteiger partial charge >= 0.3 is 0 Å². The second-order valence-electron chi connectivity index (χ2n) is 11.5. The SMILES string of the molecule is CC[C@@H](C[C@@H]1C[C@H](c2ccc(COCCOC)cc2)[C@@H](OCc2ccc3c(c2)N(CCCOC)CCO3)CN1)C(=O)NC. The lowest BCUT2D eigenvalue weighted by Crippen LogP contribution is -2.48. The molecule has 1 fully saturated rings. The topological polar surface area (TPSA) is 90.5 Å². The van der Waals surface area contributed by atoms with Crippen LogP contribution in [0.5, 0.6) is 5.75 Å². The predicted molar refractivity (Wildman–Crippen MR) is 169 cm³/mol. The Morgan fingerprint density at radius 2 is 1.86 bits per heavy atom. The maximum absolute atomic E-state index is 12.5. The summed E-state index contributed by atoms with van der Waals surface area (Å²) in [5.41, 5.74) is 4.66. The number of nitrogens with zero attached hydrogens (tertiary/aromatic N) is 1. The molecule has 2 aromatic carbocycles. The molecule has 2 aliphatic rings. The quantitative estimate of drug-likeness (QED) is 0.261. The average molecular weight is 598 g/mol. The Bertz CT molecular complexity index is 1110. The average Bonchev–Trinajstić information content (AvgIpc) is 3.05. The summed E-state index contributed by atoms with van der Waals surface area (Å²) in [6, 6.07) is 15.4. The van der Waals surface area contributed by atoms with Crippen molar-refractivity contribution < 1.29 is 28.5 Å². The van der Waals surface area contributed by atoms with E-state index in [4.69, 9.17) is 23.7 Å². The van der Waals surface area contributed by atoms with Gasteiger partial charge in [-0.05, 0) is 54.5 Å². The summed E-state index contributed by atoms with van der Waals surface area (Å²) in [6.45, 7) is 8.33. The number of carbonyl (C=O) groups excluding carboxylic acids is 1. The van der Waals surface area contributed by atoms with Gasteiger partial charge in [-0.3, -0.25) is 4.79 Å². The van der Waals surface area contributed by atoms with Crippen molar-refractivity contribution in [2.45, 2.75) is 63.9 Å². The van der Waals surface area contributed by atoms with Gasteiger partial charge in [-0.15, -0.1) is 0 Å². The number of hydrogen-bond donors (Lipinski definition) is 2. The van der Waals surface area contributed by atoms with Crippen LogP contribution in [0.1, 0.15) is 55.2 Å². The molecule has 0 unspecified atom stereocenters. The molecule has 1 amide bonds. The van der Waals surface area contributed by atoms with Crippen LogP contribution in [0.15, 0.2) is 42.5 Å². The first kappa shape index (κ1) is 33.2. The molecule has 2 N–H and O–H groups in total. The first-order chi connectivity index (χ1) is 21.1. The highest BCUT2D eigenvalue weighted by atomic mass is 16.5. The number of nitrogens with one attached hydrogen (secondary N) is 2. The van der Waals surface area contributed by atoms with Crippen molar-refractivity contribution in [1.82, 2.24) is 10.6 Å². The molecule has 238 valence electrons. The Morgan fingerprint density at radius 1 is 1.07 bits per heavy atom. The zero-order chi connectivity index (χ0) is 30.4. The van der Waals surface area contributed by atoms with Crippen molar-refractivity contribution in [3.63, 3.8) is 0 Å². The fraction of sp³-hybridized carbons (Fsp3) is 0.618. The van der Waals surface area contributed by atoms with Crippen molar-refractivity contribution in [3.8, 4) is 5.75 Å². The minimum Gasteiger partial charge on any atom is -0.490 e. The number of carbonyl (C=O) groups is 1. The first-order valence-electron chi connectivity index (χ1n) is 15.8. The third-order valence-corrected chi connectivity index (χ3v) is 8.61. The second-order valence-corrected chi connectivity index (χ2v) is 11.5. The van der Waals surface area contributed by atoms with Crippen molar-refractivity contribution in [1.29, 1.82) is 0 Å². The molecule has 2 aliphatic heterocycles. The van der Waals surface area contributed by atoms with Gasteiger partial charge in [-0.25, -0.2) is 0 Å². The van der Waals surface area contributed by atoms with E-state index < -0.39 is 0 Å². The summed E-state index contributed by atoms with van der Waals surface area (Å²) in [5, 5.41) is 6.54. The predicted octanol–water partition coefficient (Wildman–Crippen LogP) is 4.28. The van der Waals surface area contributed by atoms with Crippen LogP contribution in [0, 0.1) is 5.92 Å². The molecular formula is C34H51N3O6. The number of fused-ring (bicyclic) bond motifs is 1. The number of anilines is 1. The molecule has 0 bridgehead atoms. The Labute approximate surface area is 257 Å². The first-order valence-corrected chi connectivity index (χ1v) is 15.8. The number of hydrogen-bond acceptors (Lipinski definition) is 8. The summed E-state index contributed by atoms with van der Waals surface area (Å²) in [6.07, 6.45) is 3.53. The van der Waals surface area contributed by atoms with Crippen molar-refractivity contribution in [2.75, 3.05) is 72.2 Å². The van der Waals surface area contributed by atoms with Crippen LogP contribution < -0.4 is 20.3 Å². The molecule has 4 atom stereocenters. The van der Waals surface area contributed by atoms with Gasteiger partial charge in [0, 0.05) is 58.8 Å². The Balaban J connectivity index is 1.45. The van der Waals surface area contributed by atoms with Crippen molar-refractivity contribution in [2.24, 2.45) is 5.92 Å². The molecule has 9 nitrogen and oxygen atoms in total. The van der Waals surface area contributed by atoms with Crippen molar-refractivity contribution >= 4 is 11.6 Å². The lowest BCUT2D eigenvalue weighted by molar-refractivity contribution is -0.125. The van der Waals surface area contributed by atoms with Crippen LogP contribution in [0.25, 0.3) is 0 Å². The van der Waals surface area contributed by atoms with Crippen LogP contribution >= 0.6 is 0 Å². The summed E-state index contributed by atoms with van der Waals surface area (Å²) in [4.78, 5) is 14.8. The Kier molecular flexibility index (Phi) is 13.6. The second kappa shape index (κ2) is 17.6. The van der Waals surface area contributed by atoms with Gasteiger partial charge in [0.25, 0.3) is 0 Å². The largest absolute Gasteiger partial charge is 0.490 e. The minimum atomic E-state index is -0.00297. The fourth-order valence-electron chi connectivity index (χ4n) is 6.12. The van der Waals surface area contributed by atoms with E-state index in [2.05, 4.69) is 64.9 Å². The van der Waals surface area contributed by atoms with E-state index in [-0.39, 0.29) is 29.9 Å². The number of amides is 1. The molecule has 9 heteroatoms. The van der Waals surface area contributed by atoms with Gasteiger partial charge in [0.1, 0.15) is 12.4 Å². The monoisotopic (exact) mass is 597 g/mol. The number of benzene rings is 2. The molecule has 43 heavy (non-hydrogen) atoms. The Morgan fingerprint density at radius 3 is 2.60 bits per heavy atom. The number of rotatable bonds is 17. The molecule has 2 aromatic rings. The van der Waals surface area contributed by atoms with Crippen molar-refractivity contribution in [3.05, 3.63) is 59.2 Å². The highest BCUT2D eigenvalue weighted by Crippen LogP contribution is 2.35. The van der Waals surface area contributed by atoms with Crippen LogP contribution in [0.3, 0.4) is 0 Å². The molecule has 0 spiro atoms.